The lowest BCUT2D eigenvalue weighted by atomic mass is 10.1. The van der Waals surface area contributed by atoms with Crippen molar-refractivity contribution < 1.29 is 9.18 Å². The molecule has 0 unspecified atom stereocenters. The van der Waals surface area contributed by atoms with Crippen molar-refractivity contribution in [1.82, 2.24) is 34.7 Å². The molecule has 0 saturated carbocycles. The number of hydrogen-bond donors (Lipinski definition) is 1. The summed E-state index contributed by atoms with van der Waals surface area (Å²) in [5, 5.41) is 20.7. The van der Waals surface area contributed by atoms with Crippen LogP contribution in [0.1, 0.15) is 29.2 Å². The van der Waals surface area contributed by atoms with Crippen molar-refractivity contribution in [1.29, 1.82) is 0 Å². The average Bonchev–Trinajstić information content (AvgIpc) is 3.49. The number of benzene rings is 1. The van der Waals surface area contributed by atoms with Gasteiger partial charge in [-0.1, -0.05) is 6.07 Å². The molecule has 1 saturated heterocycles. The number of rotatable bonds is 6. The first-order valence-corrected chi connectivity index (χ1v) is 11.0. The molecule has 170 valence electrons. The van der Waals surface area contributed by atoms with E-state index in [0.717, 1.165) is 48.0 Å². The summed E-state index contributed by atoms with van der Waals surface area (Å²) in [7, 11) is 1.88. The van der Waals surface area contributed by atoms with E-state index in [0.29, 0.717) is 17.9 Å². The molecule has 1 amide bonds. The van der Waals surface area contributed by atoms with Crippen LogP contribution in [0.25, 0.3) is 22.0 Å². The summed E-state index contributed by atoms with van der Waals surface area (Å²) in [5.41, 5.74) is 3.23. The van der Waals surface area contributed by atoms with E-state index >= 15 is 0 Å². The summed E-state index contributed by atoms with van der Waals surface area (Å²) in [5.74, 6) is 0.0938. The highest BCUT2D eigenvalue weighted by atomic mass is 19.1. The van der Waals surface area contributed by atoms with Gasteiger partial charge in [0.1, 0.15) is 6.67 Å². The molecule has 4 heterocycles. The normalized spacial score (nSPS) is 15.2. The molecule has 0 atom stereocenters. The van der Waals surface area contributed by atoms with Crippen LogP contribution in [0.2, 0.25) is 0 Å². The first-order chi connectivity index (χ1) is 16.1. The zero-order valence-corrected chi connectivity index (χ0v) is 18.4. The number of piperidine rings is 1. The molecule has 9 nitrogen and oxygen atoms in total. The lowest BCUT2D eigenvalue weighted by molar-refractivity contribution is 0.102. The quantitative estimate of drug-likeness (QED) is 0.487. The van der Waals surface area contributed by atoms with Gasteiger partial charge in [0.2, 0.25) is 0 Å². The summed E-state index contributed by atoms with van der Waals surface area (Å²) >= 11 is 0. The lowest BCUT2D eigenvalue weighted by Gasteiger charge is -2.31. The minimum atomic E-state index is -0.320. The average molecular weight is 449 g/mol. The maximum absolute atomic E-state index is 12.8. The van der Waals surface area contributed by atoms with E-state index in [1.807, 2.05) is 42.2 Å². The molecule has 1 aliphatic rings. The molecule has 0 spiro atoms. The van der Waals surface area contributed by atoms with Crippen LogP contribution in [0.4, 0.5) is 10.2 Å². The van der Waals surface area contributed by atoms with Crippen molar-refractivity contribution in [2.45, 2.75) is 18.9 Å². The number of halogens is 1. The fourth-order valence-corrected chi connectivity index (χ4v) is 4.23. The van der Waals surface area contributed by atoms with Crippen LogP contribution in [0.15, 0.2) is 49.1 Å². The topological polar surface area (TPSA) is 93.8 Å². The standard InChI is InChI=1S/C23H25FN8O/c1-30-14-18(12-25-30)16-2-3-21-17(10-16)11-22(29-28-21)27-23(33)19-13-26-32(15-19)20-4-7-31(8-5-20)9-6-24/h2-3,10-15,20H,4-9H2,1H3,(H,27,29,33). The van der Waals surface area contributed by atoms with Crippen LogP contribution in [0.3, 0.4) is 0 Å². The third-order valence-corrected chi connectivity index (χ3v) is 6.06. The van der Waals surface area contributed by atoms with Gasteiger partial charge in [-0.15, -0.1) is 10.2 Å². The Morgan fingerprint density at radius 1 is 1.09 bits per heavy atom. The SMILES string of the molecule is Cn1cc(-c2ccc3nnc(NC(=O)c4cnn(C5CCN(CCF)CC5)c4)cc3c2)cn1. The molecule has 0 aliphatic carbocycles. The van der Waals surface area contributed by atoms with Crippen molar-refractivity contribution in [2.24, 2.45) is 7.05 Å². The van der Waals surface area contributed by atoms with Crippen LogP contribution in [0, 0.1) is 0 Å². The maximum atomic E-state index is 12.8. The highest BCUT2D eigenvalue weighted by Crippen LogP contribution is 2.25. The minimum Gasteiger partial charge on any atom is -0.305 e. The molecule has 0 radical (unpaired) electrons. The van der Waals surface area contributed by atoms with Crippen molar-refractivity contribution in [3.8, 4) is 11.1 Å². The first-order valence-electron chi connectivity index (χ1n) is 11.0. The number of carbonyl (C=O) groups is 1. The molecule has 33 heavy (non-hydrogen) atoms. The fourth-order valence-electron chi connectivity index (χ4n) is 4.23. The number of nitrogens with one attached hydrogen (secondary N) is 1. The van der Waals surface area contributed by atoms with E-state index in [1.165, 1.54) is 0 Å². The Labute approximate surface area is 190 Å². The van der Waals surface area contributed by atoms with Gasteiger partial charge in [0.15, 0.2) is 5.82 Å². The Hall–Kier alpha value is -3.66. The Balaban J connectivity index is 1.28. The molecule has 1 aliphatic heterocycles. The second-order valence-corrected chi connectivity index (χ2v) is 8.33. The third kappa shape index (κ3) is 4.61. The fraction of sp³-hybridized carbons (Fsp3) is 0.348. The largest absolute Gasteiger partial charge is 0.305 e. The van der Waals surface area contributed by atoms with Crippen molar-refractivity contribution >= 4 is 22.6 Å². The number of likely N-dealkylation sites (tertiary alicyclic amines) is 1. The van der Waals surface area contributed by atoms with Gasteiger partial charge in [-0.25, -0.2) is 4.39 Å². The van der Waals surface area contributed by atoms with Gasteiger partial charge < -0.3 is 10.2 Å². The van der Waals surface area contributed by atoms with E-state index < -0.39 is 0 Å². The first kappa shape index (κ1) is 21.2. The zero-order chi connectivity index (χ0) is 22.8. The molecule has 10 heteroatoms. The molecular weight excluding hydrogens is 423 g/mol. The van der Waals surface area contributed by atoms with Crippen LogP contribution in [0.5, 0.6) is 0 Å². The van der Waals surface area contributed by atoms with Gasteiger partial charge in [-0.3, -0.25) is 14.2 Å². The number of carbonyl (C=O) groups excluding carboxylic acids is 1. The Kier molecular flexibility index (Phi) is 5.82. The number of alkyl halides is 1. The maximum Gasteiger partial charge on any atom is 0.260 e. The van der Waals surface area contributed by atoms with Gasteiger partial charge in [0, 0.05) is 50.0 Å². The van der Waals surface area contributed by atoms with Gasteiger partial charge in [0.05, 0.1) is 29.5 Å². The molecule has 0 bridgehead atoms. The summed E-state index contributed by atoms with van der Waals surface area (Å²) in [6, 6.07) is 7.91. The number of aryl methyl sites for hydroxylation is 1. The molecule has 3 aromatic heterocycles. The van der Waals surface area contributed by atoms with Crippen molar-refractivity contribution in [2.75, 3.05) is 31.6 Å². The molecule has 4 aromatic rings. The second-order valence-electron chi connectivity index (χ2n) is 8.33. The summed E-state index contributed by atoms with van der Waals surface area (Å²) in [6.07, 6.45) is 8.86. The molecule has 5 rings (SSSR count). The number of hydrogen-bond acceptors (Lipinski definition) is 6. The van der Waals surface area contributed by atoms with Crippen LogP contribution in [-0.2, 0) is 7.05 Å². The Bertz CT molecular complexity index is 1270. The Morgan fingerprint density at radius 3 is 2.70 bits per heavy atom. The zero-order valence-electron chi connectivity index (χ0n) is 18.4. The summed E-state index contributed by atoms with van der Waals surface area (Å²) in [4.78, 5) is 14.9. The molecule has 1 fully saturated rings. The minimum absolute atomic E-state index is 0.216. The van der Waals surface area contributed by atoms with E-state index in [4.69, 9.17) is 0 Å². The Morgan fingerprint density at radius 2 is 1.94 bits per heavy atom. The van der Waals surface area contributed by atoms with E-state index in [2.05, 4.69) is 30.6 Å². The highest BCUT2D eigenvalue weighted by molar-refractivity contribution is 6.04. The second kappa shape index (κ2) is 9.07. The predicted octanol–water partition coefficient (Wildman–Crippen LogP) is 3.09. The smallest absolute Gasteiger partial charge is 0.260 e. The van der Waals surface area contributed by atoms with Gasteiger partial charge in [0.25, 0.3) is 5.91 Å². The third-order valence-electron chi connectivity index (χ3n) is 6.06. The number of nitrogens with zero attached hydrogens (tertiary/aromatic N) is 7. The lowest BCUT2D eigenvalue weighted by Crippen LogP contribution is -2.36. The van der Waals surface area contributed by atoms with Gasteiger partial charge in [-0.2, -0.15) is 10.2 Å². The van der Waals surface area contributed by atoms with Crippen LogP contribution >= 0.6 is 0 Å². The van der Waals surface area contributed by atoms with E-state index in [1.54, 1.807) is 23.3 Å². The van der Waals surface area contributed by atoms with E-state index in [9.17, 15) is 9.18 Å². The van der Waals surface area contributed by atoms with Crippen molar-refractivity contribution in [3.05, 3.63) is 54.6 Å². The summed E-state index contributed by atoms with van der Waals surface area (Å²) in [6.45, 7) is 1.84. The number of amides is 1. The highest BCUT2D eigenvalue weighted by Gasteiger charge is 2.22. The van der Waals surface area contributed by atoms with Crippen molar-refractivity contribution in [3.63, 3.8) is 0 Å². The molecular formula is C23H25FN8O. The predicted molar refractivity (Wildman–Crippen MR) is 123 cm³/mol. The van der Waals surface area contributed by atoms with Gasteiger partial charge in [-0.05, 0) is 36.6 Å². The van der Waals surface area contributed by atoms with Crippen LogP contribution in [-0.4, -0.2) is 66.9 Å². The molecule has 1 N–H and O–H groups in total. The number of anilines is 1. The number of aromatic nitrogens is 6. The monoisotopic (exact) mass is 448 g/mol. The summed E-state index contributed by atoms with van der Waals surface area (Å²) < 4.78 is 16.1. The van der Waals surface area contributed by atoms with E-state index in [-0.39, 0.29) is 18.6 Å². The number of fused-ring (bicyclic) bond motifs is 1. The van der Waals surface area contributed by atoms with Gasteiger partial charge >= 0.3 is 0 Å². The van der Waals surface area contributed by atoms with Crippen LogP contribution < -0.4 is 5.32 Å². The molecule has 1 aromatic carbocycles.